The minimum Gasteiger partial charge on any atom is -0.359 e. The van der Waals surface area contributed by atoms with Gasteiger partial charge in [0.15, 0.2) is 5.78 Å². The third-order valence-corrected chi connectivity index (χ3v) is 4.68. The van der Waals surface area contributed by atoms with E-state index < -0.39 is 0 Å². The number of allylic oxidation sites excluding steroid dienone is 2. The Morgan fingerprint density at radius 3 is 2.46 bits per heavy atom. The molecule has 0 saturated carbocycles. The fraction of sp³-hybridized carbons (Fsp3) is 0.474. The van der Waals surface area contributed by atoms with E-state index in [0.717, 1.165) is 23.4 Å². The molecule has 0 aromatic heterocycles. The Labute approximate surface area is 142 Å². The first-order valence-corrected chi connectivity index (χ1v) is 8.47. The Balaban J connectivity index is 1.69. The first-order valence-electron chi connectivity index (χ1n) is 8.47. The number of amides is 1. The van der Waals surface area contributed by atoms with Gasteiger partial charge in [0.2, 0.25) is 5.91 Å². The third kappa shape index (κ3) is 3.85. The second kappa shape index (κ2) is 6.40. The highest BCUT2D eigenvalue weighted by Crippen LogP contribution is 2.34. The van der Waals surface area contributed by atoms with Crippen LogP contribution in [0.4, 0.5) is 5.69 Å². The molecule has 1 aromatic carbocycles. The highest BCUT2D eigenvalue weighted by atomic mass is 16.2. The molecule has 0 spiro atoms. The van der Waals surface area contributed by atoms with Crippen LogP contribution in [-0.4, -0.2) is 11.7 Å². The Morgan fingerprint density at radius 1 is 1.12 bits per heavy atom. The normalized spacial score (nSPS) is 26.5. The second-order valence-electron chi connectivity index (χ2n) is 7.75. The van der Waals surface area contributed by atoms with E-state index in [-0.39, 0.29) is 29.1 Å². The number of ketones is 1. The van der Waals surface area contributed by atoms with E-state index in [4.69, 9.17) is 0 Å². The molecule has 128 valence electrons. The first-order chi connectivity index (χ1) is 11.3. The Bertz CT molecular complexity index is 676. The zero-order valence-corrected chi connectivity index (χ0v) is 14.5. The molecule has 0 bridgehead atoms. The number of hydrogen-bond acceptors (Lipinski definition) is 4. The predicted molar refractivity (Wildman–Crippen MR) is 94.0 cm³/mol. The smallest absolute Gasteiger partial charge is 0.234 e. The number of hydrazine groups is 1. The molecule has 1 saturated heterocycles. The molecule has 3 N–H and O–H groups in total. The Morgan fingerprint density at radius 2 is 1.83 bits per heavy atom. The summed E-state index contributed by atoms with van der Waals surface area (Å²) in [6.07, 6.45) is 3.73. The van der Waals surface area contributed by atoms with Crippen molar-refractivity contribution < 1.29 is 9.59 Å². The number of nitrogens with one attached hydrogen (secondary N) is 3. The summed E-state index contributed by atoms with van der Waals surface area (Å²) in [5.74, 6) is 0.465. The molecule has 1 heterocycles. The SMILES string of the molecule is CC1CC(=O)NNC1c1ccc(NC2=CC(=O)CC(C)(C)C2)cc1. The standard InChI is InChI=1S/C19H25N3O2/c1-12-8-17(24)21-22-18(12)13-4-6-14(7-5-13)20-15-9-16(23)11-19(2,3)10-15/h4-7,9,12,18,20,22H,8,10-11H2,1-3H3,(H,21,24). The molecular formula is C19H25N3O2. The molecule has 2 aliphatic rings. The summed E-state index contributed by atoms with van der Waals surface area (Å²) in [5, 5.41) is 3.37. The van der Waals surface area contributed by atoms with Gasteiger partial charge in [0.1, 0.15) is 0 Å². The summed E-state index contributed by atoms with van der Waals surface area (Å²) in [7, 11) is 0. The number of rotatable bonds is 3. The lowest BCUT2D eigenvalue weighted by molar-refractivity contribution is -0.125. The number of benzene rings is 1. The van der Waals surface area contributed by atoms with Crippen molar-refractivity contribution >= 4 is 17.4 Å². The van der Waals surface area contributed by atoms with Crippen molar-refractivity contribution in [1.82, 2.24) is 10.9 Å². The van der Waals surface area contributed by atoms with Crippen LogP contribution in [0.1, 0.15) is 51.6 Å². The molecule has 5 nitrogen and oxygen atoms in total. The molecule has 1 aromatic rings. The average Bonchev–Trinajstić information content (AvgIpc) is 2.46. The van der Waals surface area contributed by atoms with Crippen molar-refractivity contribution in [3.05, 3.63) is 41.6 Å². The topological polar surface area (TPSA) is 70.2 Å². The summed E-state index contributed by atoms with van der Waals surface area (Å²) in [6.45, 7) is 6.31. The zero-order valence-electron chi connectivity index (χ0n) is 14.5. The molecule has 5 heteroatoms. The minimum atomic E-state index is 0.00770. The van der Waals surface area contributed by atoms with Gasteiger partial charge in [-0.3, -0.25) is 15.0 Å². The van der Waals surface area contributed by atoms with E-state index in [1.165, 1.54) is 0 Å². The summed E-state index contributed by atoms with van der Waals surface area (Å²) in [6, 6.07) is 8.28. The zero-order chi connectivity index (χ0) is 17.3. The molecule has 3 rings (SSSR count). The van der Waals surface area contributed by atoms with Gasteiger partial charge < -0.3 is 5.32 Å². The van der Waals surface area contributed by atoms with Crippen molar-refractivity contribution in [3.63, 3.8) is 0 Å². The molecule has 1 aliphatic heterocycles. The summed E-state index contributed by atoms with van der Waals surface area (Å²) >= 11 is 0. The lowest BCUT2D eigenvalue weighted by Crippen LogP contribution is -2.48. The highest BCUT2D eigenvalue weighted by molar-refractivity contribution is 5.92. The van der Waals surface area contributed by atoms with Gasteiger partial charge >= 0.3 is 0 Å². The van der Waals surface area contributed by atoms with E-state index in [9.17, 15) is 9.59 Å². The van der Waals surface area contributed by atoms with Crippen LogP contribution in [0.3, 0.4) is 0 Å². The van der Waals surface area contributed by atoms with Crippen molar-refractivity contribution in [2.45, 2.75) is 46.1 Å². The molecule has 2 atom stereocenters. The van der Waals surface area contributed by atoms with E-state index in [1.54, 1.807) is 6.08 Å². The summed E-state index contributed by atoms with van der Waals surface area (Å²) in [4.78, 5) is 23.2. The number of anilines is 1. The van der Waals surface area contributed by atoms with Gasteiger partial charge in [-0.05, 0) is 35.4 Å². The number of carbonyl (C=O) groups excluding carboxylic acids is 2. The summed E-state index contributed by atoms with van der Waals surface area (Å²) < 4.78 is 0. The van der Waals surface area contributed by atoms with Crippen molar-refractivity contribution in [3.8, 4) is 0 Å². The van der Waals surface area contributed by atoms with Gasteiger partial charge in [-0.1, -0.05) is 32.9 Å². The van der Waals surface area contributed by atoms with Gasteiger partial charge in [-0.25, -0.2) is 5.43 Å². The van der Waals surface area contributed by atoms with Gasteiger partial charge in [0.25, 0.3) is 0 Å². The molecule has 1 fully saturated rings. The average molecular weight is 327 g/mol. The monoisotopic (exact) mass is 327 g/mol. The van der Waals surface area contributed by atoms with Gasteiger partial charge in [0, 0.05) is 30.3 Å². The molecule has 1 amide bonds. The minimum absolute atomic E-state index is 0.00770. The second-order valence-corrected chi connectivity index (χ2v) is 7.75. The maximum Gasteiger partial charge on any atom is 0.234 e. The fourth-order valence-electron chi connectivity index (χ4n) is 3.56. The number of hydrogen-bond donors (Lipinski definition) is 3. The van der Waals surface area contributed by atoms with E-state index >= 15 is 0 Å². The maximum atomic E-state index is 11.8. The fourth-order valence-corrected chi connectivity index (χ4v) is 3.56. The third-order valence-electron chi connectivity index (χ3n) is 4.68. The van der Waals surface area contributed by atoms with Crippen molar-refractivity contribution in [1.29, 1.82) is 0 Å². The van der Waals surface area contributed by atoms with E-state index in [2.05, 4.69) is 49.1 Å². The van der Waals surface area contributed by atoms with Crippen LogP contribution >= 0.6 is 0 Å². The highest BCUT2D eigenvalue weighted by Gasteiger charge is 2.28. The lowest BCUT2D eigenvalue weighted by atomic mass is 9.79. The quantitative estimate of drug-likeness (QED) is 0.798. The van der Waals surface area contributed by atoms with Gasteiger partial charge in [-0.15, -0.1) is 0 Å². The van der Waals surface area contributed by atoms with Crippen LogP contribution < -0.4 is 16.2 Å². The first kappa shape index (κ1) is 16.7. The summed E-state index contributed by atoms with van der Waals surface area (Å²) in [5.41, 5.74) is 8.88. The van der Waals surface area contributed by atoms with Gasteiger partial charge in [0.05, 0.1) is 6.04 Å². The Kier molecular flexibility index (Phi) is 4.45. The molecule has 2 unspecified atom stereocenters. The maximum absolute atomic E-state index is 11.8. The van der Waals surface area contributed by atoms with Crippen molar-refractivity contribution in [2.75, 3.05) is 5.32 Å². The van der Waals surface area contributed by atoms with Crippen LogP contribution in [0, 0.1) is 11.3 Å². The van der Waals surface area contributed by atoms with Crippen LogP contribution in [0.25, 0.3) is 0 Å². The predicted octanol–water partition coefficient (Wildman–Crippen LogP) is 3.07. The molecule has 0 radical (unpaired) electrons. The van der Waals surface area contributed by atoms with Crippen molar-refractivity contribution in [2.24, 2.45) is 11.3 Å². The molecule has 24 heavy (non-hydrogen) atoms. The van der Waals surface area contributed by atoms with E-state index in [1.807, 2.05) is 12.1 Å². The lowest BCUT2D eigenvalue weighted by Gasteiger charge is -2.31. The van der Waals surface area contributed by atoms with Crippen LogP contribution in [0.15, 0.2) is 36.0 Å². The van der Waals surface area contributed by atoms with Crippen LogP contribution in [0.2, 0.25) is 0 Å². The van der Waals surface area contributed by atoms with Gasteiger partial charge in [-0.2, -0.15) is 0 Å². The molecule has 1 aliphatic carbocycles. The number of carbonyl (C=O) groups is 2. The van der Waals surface area contributed by atoms with Crippen LogP contribution in [0.5, 0.6) is 0 Å². The largest absolute Gasteiger partial charge is 0.359 e. The Hall–Kier alpha value is -2.14. The van der Waals surface area contributed by atoms with Crippen LogP contribution in [-0.2, 0) is 9.59 Å². The van der Waals surface area contributed by atoms with E-state index in [0.29, 0.717) is 12.8 Å². The molecular weight excluding hydrogens is 302 g/mol.